The Bertz CT molecular complexity index is 1420. The lowest BCUT2D eigenvalue weighted by atomic mass is 10.1. The largest absolute Gasteiger partial charge is 0.488 e. The highest BCUT2D eigenvalue weighted by atomic mass is 31.2. The molecular weight excluding hydrogens is 499 g/mol. The molecule has 9 nitrogen and oxygen atoms in total. The molecule has 3 aromatic rings. The Morgan fingerprint density at radius 3 is 2.50 bits per heavy atom. The lowest BCUT2D eigenvalue weighted by Crippen LogP contribution is -2.16. The Morgan fingerprint density at radius 2 is 1.87 bits per heavy atom. The molecule has 0 spiro atoms. The lowest BCUT2D eigenvalue weighted by Gasteiger charge is -2.21. The number of anilines is 5. The van der Waals surface area contributed by atoms with Crippen molar-refractivity contribution in [2.45, 2.75) is 39.7 Å². The lowest BCUT2D eigenvalue weighted by molar-refractivity contribution is -0.111. The number of hydrogen-bond acceptors (Lipinski definition) is 8. The van der Waals surface area contributed by atoms with Crippen LogP contribution in [0.1, 0.15) is 37.8 Å². The molecule has 38 heavy (non-hydrogen) atoms. The number of carbonyl (C=O) groups is 1. The van der Waals surface area contributed by atoms with E-state index in [9.17, 15) is 14.6 Å². The summed E-state index contributed by atoms with van der Waals surface area (Å²) in [4.78, 5) is 20.9. The summed E-state index contributed by atoms with van der Waals surface area (Å²) in [6.07, 6.45) is 4.27. The Labute approximate surface area is 223 Å². The molecule has 0 aliphatic heterocycles. The van der Waals surface area contributed by atoms with Crippen molar-refractivity contribution >= 4 is 47.2 Å². The minimum atomic E-state index is -2.59. The van der Waals surface area contributed by atoms with Gasteiger partial charge in [0.05, 0.1) is 23.7 Å². The molecule has 10 heteroatoms. The van der Waals surface area contributed by atoms with Gasteiger partial charge in [0.1, 0.15) is 24.5 Å². The Balaban J connectivity index is 1.99. The molecule has 3 N–H and O–H groups in total. The zero-order valence-electron chi connectivity index (χ0n) is 22.3. The molecule has 198 valence electrons. The quantitative estimate of drug-likeness (QED) is 0.200. The van der Waals surface area contributed by atoms with Crippen molar-refractivity contribution in [1.29, 1.82) is 5.26 Å². The number of amides is 1. The second kappa shape index (κ2) is 12.4. The summed E-state index contributed by atoms with van der Waals surface area (Å²) in [5, 5.41) is 19.4. The summed E-state index contributed by atoms with van der Waals surface area (Å²) < 4.78 is 18.9. The third-order valence-electron chi connectivity index (χ3n) is 5.87. The molecule has 0 fully saturated rings. The molecular formula is C28H33N6O3P. The van der Waals surface area contributed by atoms with Gasteiger partial charge in [0.25, 0.3) is 0 Å². The van der Waals surface area contributed by atoms with E-state index >= 15 is 0 Å². The van der Waals surface area contributed by atoms with Gasteiger partial charge in [0.2, 0.25) is 11.9 Å². The number of ether oxygens (including phenoxy) is 1. The number of aromatic nitrogens is 2. The van der Waals surface area contributed by atoms with E-state index in [0.29, 0.717) is 28.1 Å². The molecule has 1 aromatic heterocycles. The van der Waals surface area contributed by atoms with Crippen LogP contribution >= 0.6 is 7.14 Å². The molecule has 3 rings (SSSR count). The molecule has 0 aliphatic carbocycles. The highest BCUT2D eigenvalue weighted by Gasteiger charge is 2.18. The maximum absolute atomic E-state index is 12.8. The first-order valence-electron chi connectivity index (χ1n) is 12.3. The number of aryl methyl sites for hydroxylation is 1. The van der Waals surface area contributed by atoms with Crippen LogP contribution < -0.4 is 26.0 Å². The molecule has 1 heterocycles. The molecule has 0 atom stereocenters. The fourth-order valence-electron chi connectivity index (χ4n) is 3.75. The van der Waals surface area contributed by atoms with Gasteiger partial charge in [-0.25, -0.2) is 4.98 Å². The molecule has 0 bridgehead atoms. The first-order valence-corrected chi connectivity index (χ1v) is 14.9. The van der Waals surface area contributed by atoms with Crippen LogP contribution in [0.5, 0.6) is 5.75 Å². The Morgan fingerprint density at radius 1 is 1.16 bits per heavy atom. The summed E-state index contributed by atoms with van der Waals surface area (Å²) in [5.74, 6) is 0.702. The number of para-hydroxylation sites is 1. The van der Waals surface area contributed by atoms with Crippen LogP contribution in [0, 0.1) is 18.3 Å². The fraction of sp³-hybridized carbons (Fsp3) is 0.286. The van der Waals surface area contributed by atoms with Crippen molar-refractivity contribution in [3.8, 4) is 11.8 Å². The predicted octanol–water partition coefficient (Wildman–Crippen LogP) is 6.08. The van der Waals surface area contributed by atoms with Gasteiger partial charge in [-0.2, -0.15) is 10.2 Å². The van der Waals surface area contributed by atoms with E-state index in [0.717, 1.165) is 18.4 Å². The molecule has 1 amide bonds. The maximum Gasteiger partial charge on any atom is 0.247 e. The minimum absolute atomic E-state index is 0.00695. The summed E-state index contributed by atoms with van der Waals surface area (Å²) in [6, 6.07) is 12.9. The van der Waals surface area contributed by atoms with Gasteiger partial charge in [0.15, 0.2) is 5.82 Å². The van der Waals surface area contributed by atoms with Gasteiger partial charge >= 0.3 is 0 Å². The second-order valence-corrected chi connectivity index (χ2v) is 12.3. The van der Waals surface area contributed by atoms with Crippen LogP contribution in [-0.4, -0.2) is 35.3 Å². The van der Waals surface area contributed by atoms with Crippen LogP contribution in [0.4, 0.5) is 28.8 Å². The number of nitrogens with one attached hydrogen (secondary N) is 3. The average Bonchev–Trinajstić information content (AvgIpc) is 2.89. The average molecular weight is 533 g/mol. The van der Waals surface area contributed by atoms with Gasteiger partial charge in [0, 0.05) is 11.0 Å². The third-order valence-corrected chi connectivity index (χ3v) is 7.42. The van der Waals surface area contributed by atoms with Crippen molar-refractivity contribution in [2.75, 3.05) is 29.3 Å². The molecule has 0 saturated carbocycles. The van der Waals surface area contributed by atoms with Gasteiger partial charge in [-0.3, -0.25) is 4.79 Å². The van der Waals surface area contributed by atoms with E-state index in [2.05, 4.69) is 38.6 Å². The molecule has 0 aliphatic rings. The fourth-order valence-corrected chi connectivity index (χ4v) is 4.90. The number of hydrogen-bond donors (Lipinski definition) is 3. The number of rotatable bonds is 11. The van der Waals surface area contributed by atoms with E-state index in [-0.39, 0.29) is 29.3 Å². The van der Waals surface area contributed by atoms with Gasteiger partial charge in [-0.05, 0) is 69.0 Å². The van der Waals surface area contributed by atoms with Gasteiger partial charge < -0.3 is 25.3 Å². The van der Waals surface area contributed by atoms with Gasteiger partial charge in [-0.15, -0.1) is 0 Å². The van der Waals surface area contributed by atoms with Crippen LogP contribution in [0.3, 0.4) is 0 Å². The van der Waals surface area contributed by atoms with Crippen molar-refractivity contribution in [3.05, 3.63) is 66.4 Å². The molecule has 0 saturated heterocycles. The molecule has 0 radical (unpaired) electrons. The second-order valence-electron chi connectivity index (χ2n) is 9.10. The molecule has 2 aromatic carbocycles. The highest BCUT2D eigenvalue weighted by molar-refractivity contribution is 7.70. The number of nitrogens with zero attached hydrogens (tertiary/aromatic N) is 3. The van der Waals surface area contributed by atoms with E-state index in [4.69, 9.17) is 4.74 Å². The molecule has 0 unspecified atom stereocenters. The van der Waals surface area contributed by atoms with Crippen LogP contribution in [-0.2, 0) is 9.36 Å². The maximum atomic E-state index is 12.8. The smallest absolute Gasteiger partial charge is 0.247 e. The summed E-state index contributed by atoms with van der Waals surface area (Å²) in [7, 11) is -2.59. The zero-order chi connectivity index (χ0) is 27.9. The number of benzene rings is 2. The van der Waals surface area contributed by atoms with Crippen molar-refractivity contribution in [2.24, 2.45) is 0 Å². The monoisotopic (exact) mass is 532 g/mol. The van der Waals surface area contributed by atoms with E-state index in [1.54, 1.807) is 31.5 Å². The van der Waals surface area contributed by atoms with Crippen molar-refractivity contribution in [3.63, 3.8) is 0 Å². The van der Waals surface area contributed by atoms with Crippen LogP contribution in [0.25, 0.3) is 0 Å². The van der Waals surface area contributed by atoms with Gasteiger partial charge in [-0.1, -0.05) is 32.6 Å². The van der Waals surface area contributed by atoms with E-state index in [1.165, 1.54) is 12.3 Å². The first kappa shape index (κ1) is 28.4. The van der Waals surface area contributed by atoms with Crippen molar-refractivity contribution in [1.82, 2.24) is 9.97 Å². The highest BCUT2D eigenvalue weighted by Crippen LogP contribution is 2.38. The van der Waals surface area contributed by atoms with E-state index < -0.39 is 7.14 Å². The SMILES string of the molecule is C=CC(=O)Nc1cc(Nc2ncc(C#N)c(Nc3ccccc3P(C)(C)=O)n2)c(C)cc1OC(CC)CC. The zero-order valence-corrected chi connectivity index (χ0v) is 23.2. The topological polar surface area (TPSA) is 129 Å². The summed E-state index contributed by atoms with van der Waals surface area (Å²) >= 11 is 0. The summed E-state index contributed by atoms with van der Waals surface area (Å²) in [5.41, 5.74) is 2.81. The predicted molar refractivity (Wildman–Crippen MR) is 154 cm³/mol. The third kappa shape index (κ3) is 6.99. The Kier molecular flexibility index (Phi) is 9.27. The minimum Gasteiger partial charge on any atom is -0.488 e. The van der Waals surface area contributed by atoms with Crippen LogP contribution in [0.15, 0.2) is 55.3 Å². The normalized spacial score (nSPS) is 11.0. The van der Waals surface area contributed by atoms with Crippen molar-refractivity contribution < 1.29 is 14.1 Å². The van der Waals surface area contributed by atoms with E-state index in [1.807, 2.05) is 39.0 Å². The number of nitriles is 1. The Hall–Kier alpha value is -4.15. The van der Waals surface area contributed by atoms with Crippen LogP contribution in [0.2, 0.25) is 0 Å². The first-order chi connectivity index (χ1) is 18.1. The number of carbonyl (C=O) groups excluding carboxylic acids is 1. The summed E-state index contributed by atoms with van der Waals surface area (Å²) in [6.45, 7) is 12.9. The standard InChI is InChI=1S/C28H33N6O3P/c1-7-20(8-2)37-24-14-18(4)22(15-23(24)31-26(35)9-3)33-28-30-17-19(16-29)27(34-28)32-21-12-10-11-13-25(21)38(5,6)36/h9-15,17,20H,3,7-8H2,1-2,4-6H3,(H,31,35)(H2,30,32,33,34).